The molecule has 27 heavy (non-hydrogen) atoms. The molecule has 0 saturated heterocycles. The average molecular weight is 400 g/mol. The Labute approximate surface area is 166 Å². The Balaban J connectivity index is 1.38. The number of hydrogen-bond acceptors (Lipinski definition) is 4. The molecule has 1 aliphatic heterocycles. The van der Waals surface area contributed by atoms with E-state index in [1.165, 1.54) is 0 Å². The van der Waals surface area contributed by atoms with Crippen molar-refractivity contribution in [2.45, 2.75) is 36.9 Å². The quantitative estimate of drug-likeness (QED) is 0.636. The van der Waals surface area contributed by atoms with Gasteiger partial charge in [0.1, 0.15) is 0 Å². The number of aryl methyl sites for hydroxylation is 1. The van der Waals surface area contributed by atoms with Crippen molar-refractivity contribution in [2.24, 2.45) is 0 Å². The lowest BCUT2D eigenvalue weighted by molar-refractivity contribution is -0.121. The van der Waals surface area contributed by atoms with E-state index in [4.69, 9.17) is 11.6 Å². The van der Waals surface area contributed by atoms with E-state index >= 15 is 0 Å². The first-order valence-electron chi connectivity index (χ1n) is 8.90. The standard InChI is InChI=1S/C20H18ClN3O2S/c21-14-6-1-4-13(10-14)5-3-9-22-18(25)11-15-12-27-20-23-17-8-2-7-16(17)19(26)24(15)20/h1,4,6,10,15H,2,7-9,11-12H2,(H,22,25). The first-order valence-corrected chi connectivity index (χ1v) is 10.3. The van der Waals surface area contributed by atoms with Crippen molar-refractivity contribution in [1.29, 1.82) is 0 Å². The Morgan fingerprint density at radius 2 is 2.30 bits per heavy atom. The SMILES string of the molecule is O=C(CC1CSc2nc3c(c(=O)n21)CCC3)NCC#Cc1cccc(Cl)c1. The highest BCUT2D eigenvalue weighted by atomic mass is 35.5. The highest BCUT2D eigenvalue weighted by Crippen LogP contribution is 2.33. The molecule has 4 rings (SSSR count). The molecule has 1 amide bonds. The van der Waals surface area contributed by atoms with E-state index in [1.807, 2.05) is 12.1 Å². The summed E-state index contributed by atoms with van der Waals surface area (Å²) in [5, 5.41) is 4.19. The molecule has 138 valence electrons. The summed E-state index contributed by atoms with van der Waals surface area (Å²) in [6.45, 7) is 0.259. The van der Waals surface area contributed by atoms with Crippen LogP contribution >= 0.6 is 23.4 Å². The van der Waals surface area contributed by atoms with E-state index in [2.05, 4.69) is 22.1 Å². The molecule has 0 bridgehead atoms. The summed E-state index contributed by atoms with van der Waals surface area (Å²) in [5.74, 6) is 6.48. The van der Waals surface area contributed by atoms with Gasteiger partial charge >= 0.3 is 0 Å². The molecule has 5 nitrogen and oxygen atoms in total. The maximum absolute atomic E-state index is 12.7. The largest absolute Gasteiger partial charge is 0.345 e. The fourth-order valence-corrected chi connectivity index (χ4v) is 4.79. The zero-order chi connectivity index (χ0) is 18.8. The van der Waals surface area contributed by atoms with Gasteiger partial charge in [-0.2, -0.15) is 0 Å². The Bertz CT molecular complexity index is 1020. The fraction of sp³-hybridized carbons (Fsp3) is 0.350. The number of nitrogens with zero attached hydrogens (tertiary/aromatic N) is 2. The van der Waals surface area contributed by atoms with Crippen molar-refractivity contribution in [1.82, 2.24) is 14.9 Å². The minimum atomic E-state index is -0.142. The predicted molar refractivity (Wildman–Crippen MR) is 106 cm³/mol. The first-order chi connectivity index (χ1) is 13.1. The van der Waals surface area contributed by atoms with Crippen molar-refractivity contribution in [2.75, 3.05) is 12.3 Å². The monoisotopic (exact) mass is 399 g/mol. The Kier molecular flexibility index (Phi) is 5.24. The minimum absolute atomic E-state index is 0.0380. The molecule has 1 aromatic heterocycles. The Morgan fingerprint density at radius 3 is 3.15 bits per heavy atom. The zero-order valence-corrected chi connectivity index (χ0v) is 16.2. The van der Waals surface area contributed by atoms with Gasteiger partial charge in [0, 0.05) is 28.3 Å². The van der Waals surface area contributed by atoms with E-state index in [0.717, 1.165) is 41.2 Å². The molecule has 0 saturated carbocycles. The van der Waals surface area contributed by atoms with E-state index in [-0.39, 0.29) is 30.5 Å². The number of amides is 1. The van der Waals surface area contributed by atoms with Gasteiger partial charge in [-0.15, -0.1) is 0 Å². The molecule has 7 heteroatoms. The highest BCUT2D eigenvalue weighted by molar-refractivity contribution is 7.99. The lowest BCUT2D eigenvalue weighted by Crippen LogP contribution is -2.32. The predicted octanol–water partition coefficient (Wildman–Crippen LogP) is 2.59. The molecular weight excluding hydrogens is 382 g/mol. The summed E-state index contributed by atoms with van der Waals surface area (Å²) < 4.78 is 1.71. The van der Waals surface area contributed by atoms with Gasteiger partial charge in [0.05, 0.1) is 18.3 Å². The Hall–Kier alpha value is -2.23. The van der Waals surface area contributed by atoms with Crippen molar-refractivity contribution < 1.29 is 4.79 Å². The molecule has 1 unspecified atom stereocenters. The number of fused-ring (bicyclic) bond motifs is 2. The molecule has 2 aromatic rings. The maximum Gasteiger partial charge on any atom is 0.257 e. The van der Waals surface area contributed by atoms with Crippen LogP contribution in [0.4, 0.5) is 0 Å². The molecule has 1 aliphatic carbocycles. The van der Waals surface area contributed by atoms with Crippen LogP contribution in [0.25, 0.3) is 0 Å². The van der Waals surface area contributed by atoms with E-state index in [1.54, 1.807) is 28.5 Å². The smallest absolute Gasteiger partial charge is 0.257 e. The van der Waals surface area contributed by atoms with Crippen LogP contribution in [0.15, 0.2) is 34.2 Å². The second-order valence-corrected chi connectivity index (χ2v) is 8.03. The third kappa shape index (κ3) is 3.90. The minimum Gasteiger partial charge on any atom is -0.345 e. The summed E-state index contributed by atoms with van der Waals surface area (Å²) in [5.41, 5.74) is 2.62. The number of benzene rings is 1. The molecule has 0 fully saturated rings. The zero-order valence-electron chi connectivity index (χ0n) is 14.6. The van der Waals surface area contributed by atoms with Crippen LogP contribution in [0.1, 0.15) is 35.7 Å². The normalized spacial score (nSPS) is 17.0. The topological polar surface area (TPSA) is 64.0 Å². The maximum atomic E-state index is 12.7. The third-order valence-corrected chi connectivity index (χ3v) is 6.06. The van der Waals surface area contributed by atoms with Crippen LogP contribution in [0.3, 0.4) is 0 Å². The van der Waals surface area contributed by atoms with Gasteiger partial charge in [0.25, 0.3) is 5.56 Å². The lowest BCUT2D eigenvalue weighted by Gasteiger charge is -2.13. The summed E-state index contributed by atoms with van der Waals surface area (Å²) >= 11 is 7.48. The third-order valence-electron chi connectivity index (χ3n) is 4.72. The van der Waals surface area contributed by atoms with Crippen LogP contribution < -0.4 is 10.9 Å². The lowest BCUT2D eigenvalue weighted by atomic mass is 10.2. The Morgan fingerprint density at radius 1 is 1.41 bits per heavy atom. The van der Waals surface area contributed by atoms with Crippen molar-refractivity contribution in [3.05, 3.63) is 56.5 Å². The average Bonchev–Trinajstić information content (AvgIpc) is 3.27. The number of thioether (sulfide) groups is 1. The number of carbonyl (C=O) groups excluding carboxylic acids is 1. The van der Waals surface area contributed by atoms with Crippen molar-refractivity contribution in [3.8, 4) is 11.8 Å². The molecule has 1 atom stereocenters. The van der Waals surface area contributed by atoms with Gasteiger partial charge in [0.15, 0.2) is 5.16 Å². The van der Waals surface area contributed by atoms with Gasteiger partial charge < -0.3 is 5.32 Å². The summed E-state index contributed by atoms with van der Waals surface area (Å²) in [4.78, 5) is 29.6. The number of nitrogens with one attached hydrogen (secondary N) is 1. The highest BCUT2D eigenvalue weighted by Gasteiger charge is 2.30. The summed E-state index contributed by atoms with van der Waals surface area (Å²) in [7, 11) is 0. The van der Waals surface area contributed by atoms with E-state index in [9.17, 15) is 9.59 Å². The van der Waals surface area contributed by atoms with Crippen molar-refractivity contribution >= 4 is 29.3 Å². The molecule has 1 aromatic carbocycles. The molecular formula is C20H18ClN3O2S. The molecule has 0 radical (unpaired) electrons. The van der Waals surface area contributed by atoms with Gasteiger partial charge in [-0.1, -0.05) is 41.3 Å². The van der Waals surface area contributed by atoms with Crippen LogP contribution in [-0.2, 0) is 17.6 Å². The van der Waals surface area contributed by atoms with Crippen LogP contribution in [0, 0.1) is 11.8 Å². The number of rotatable bonds is 3. The number of halogens is 1. The first kappa shape index (κ1) is 18.1. The number of hydrogen-bond donors (Lipinski definition) is 1. The van der Waals surface area contributed by atoms with Gasteiger partial charge in [-0.25, -0.2) is 4.98 Å². The second kappa shape index (κ2) is 7.79. The van der Waals surface area contributed by atoms with Crippen LogP contribution in [-0.4, -0.2) is 27.8 Å². The van der Waals surface area contributed by atoms with E-state index in [0.29, 0.717) is 10.8 Å². The van der Waals surface area contributed by atoms with Gasteiger partial charge in [-0.05, 0) is 37.5 Å². The van der Waals surface area contributed by atoms with Crippen LogP contribution in [0.2, 0.25) is 5.02 Å². The second-order valence-electron chi connectivity index (χ2n) is 6.61. The summed E-state index contributed by atoms with van der Waals surface area (Å²) in [6.07, 6.45) is 2.93. The molecule has 0 spiro atoms. The summed E-state index contributed by atoms with van der Waals surface area (Å²) in [6, 6.07) is 7.13. The molecule has 2 heterocycles. The van der Waals surface area contributed by atoms with E-state index < -0.39 is 0 Å². The molecule has 2 aliphatic rings. The van der Waals surface area contributed by atoms with Crippen molar-refractivity contribution in [3.63, 3.8) is 0 Å². The van der Waals surface area contributed by atoms with Gasteiger partial charge in [0.2, 0.25) is 5.91 Å². The van der Waals surface area contributed by atoms with Gasteiger partial charge in [-0.3, -0.25) is 14.2 Å². The number of aromatic nitrogens is 2. The molecule has 1 N–H and O–H groups in total. The number of carbonyl (C=O) groups is 1. The fourth-order valence-electron chi connectivity index (χ4n) is 3.44. The van der Waals surface area contributed by atoms with Crippen LogP contribution in [0.5, 0.6) is 0 Å².